The zero-order chi connectivity index (χ0) is 25.9. The van der Waals surface area contributed by atoms with Crippen LogP contribution in [-0.2, 0) is 25.6 Å². The van der Waals surface area contributed by atoms with E-state index in [2.05, 4.69) is 10.6 Å². The summed E-state index contributed by atoms with van der Waals surface area (Å²) in [4.78, 5) is 25.3. The van der Waals surface area contributed by atoms with Crippen LogP contribution in [0.25, 0.3) is 0 Å². The first-order chi connectivity index (χ1) is 17.9. The fraction of sp³-hybridized carbons (Fsp3) is 0.481. The average Bonchev–Trinajstić information content (AvgIpc) is 3.27. The number of aliphatic hydroxyl groups excluding tert-OH is 1. The molecule has 4 atom stereocenters. The number of ether oxygens (including phenoxy) is 3. The zero-order valence-electron chi connectivity index (χ0n) is 20.3. The molecule has 10 heteroatoms. The summed E-state index contributed by atoms with van der Waals surface area (Å²) in [5.74, 6) is -1.16. The van der Waals surface area contributed by atoms with Crippen LogP contribution in [0.2, 0.25) is 0 Å². The van der Waals surface area contributed by atoms with Crippen molar-refractivity contribution in [2.24, 2.45) is 5.92 Å². The number of hydrogen-bond acceptors (Lipinski definition) is 6. The Morgan fingerprint density at radius 3 is 2.68 bits per heavy atom. The van der Waals surface area contributed by atoms with E-state index in [9.17, 15) is 23.5 Å². The first-order valence-corrected chi connectivity index (χ1v) is 12.6. The lowest BCUT2D eigenvalue weighted by Crippen LogP contribution is -2.47. The highest BCUT2D eigenvalue weighted by Gasteiger charge is 2.46. The SMILES string of the molecule is O=C(C[C@H]1C[C@H]2c3cc(NC(=O)C4CCOCC4)ccc3O[C@H]2[C@H](CO)O1)NCc1cc(F)ccc1F. The second-order valence-electron chi connectivity index (χ2n) is 9.75. The molecule has 2 fully saturated rings. The summed E-state index contributed by atoms with van der Waals surface area (Å²) in [7, 11) is 0. The Balaban J connectivity index is 1.24. The van der Waals surface area contributed by atoms with Crippen molar-refractivity contribution in [1.29, 1.82) is 0 Å². The molecule has 0 aromatic heterocycles. The Labute approximate surface area is 213 Å². The van der Waals surface area contributed by atoms with E-state index in [0.29, 0.717) is 43.9 Å². The van der Waals surface area contributed by atoms with Gasteiger partial charge in [0.2, 0.25) is 11.8 Å². The van der Waals surface area contributed by atoms with Gasteiger partial charge < -0.3 is 30.0 Å². The number of halogens is 2. The number of anilines is 1. The van der Waals surface area contributed by atoms with Gasteiger partial charge in [-0.3, -0.25) is 9.59 Å². The van der Waals surface area contributed by atoms with Gasteiger partial charge in [-0.1, -0.05) is 0 Å². The molecule has 0 unspecified atom stereocenters. The molecule has 3 heterocycles. The molecule has 2 aromatic rings. The molecule has 0 spiro atoms. The predicted molar refractivity (Wildman–Crippen MR) is 129 cm³/mol. The molecule has 5 rings (SSSR count). The lowest BCUT2D eigenvalue weighted by molar-refractivity contribution is -0.142. The van der Waals surface area contributed by atoms with Crippen LogP contribution in [0, 0.1) is 17.6 Å². The van der Waals surface area contributed by atoms with E-state index in [1.807, 2.05) is 6.07 Å². The summed E-state index contributed by atoms with van der Waals surface area (Å²) < 4.78 is 44.7. The molecule has 3 N–H and O–H groups in total. The molecule has 3 aliphatic rings. The van der Waals surface area contributed by atoms with E-state index in [0.717, 1.165) is 23.8 Å². The molecular formula is C27H30F2N2O6. The Bertz CT molecular complexity index is 1160. The standard InChI is InChI=1S/C27H30F2N2O6/c28-17-1-3-22(29)16(9-17)13-30-25(33)12-19-11-21-20-10-18(31-27(34)15-5-7-35-8-6-15)2-4-23(20)37-26(21)24(14-32)36-19/h1-4,9-10,15,19,21,24,26,32H,5-8,11-14H2,(H,30,33)(H,31,34)/t19-,21+,24+,26-/m1/s1. The number of hydrogen-bond donors (Lipinski definition) is 3. The van der Waals surface area contributed by atoms with Gasteiger partial charge in [0.05, 0.1) is 19.1 Å². The third-order valence-electron chi connectivity index (χ3n) is 7.26. The number of amides is 2. The van der Waals surface area contributed by atoms with E-state index in [1.54, 1.807) is 12.1 Å². The molecule has 0 bridgehead atoms. The number of rotatable bonds is 7. The maximum absolute atomic E-state index is 13.9. The van der Waals surface area contributed by atoms with Gasteiger partial charge in [-0.2, -0.15) is 0 Å². The first kappa shape index (κ1) is 25.6. The highest BCUT2D eigenvalue weighted by Crippen LogP contribution is 2.47. The fourth-order valence-corrected chi connectivity index (χ4v) is 5.32. The summed E-state index contributed by atoms with van der Waals surface area (Å²) in [6, 6.07) is 8.57. The third-order valence-corrected chi connectivity index (χ3v) is 7.26. The minimum Gasteiger partial charge on any atom is -0.487 e. The van der Waals surface area contributed by atoms with Crippen LogP contribution in [0.1, 0.15) is 42.7 Å². The van der Waals surface area contributed by atoms with E-state index >= 15 is 0 Å². The number of aliphatic hydroxyl groups is 1. The van der Waals surface area contributed by atoms with Gasteiger partial charge in [0.15, 0.2) is 0 Å². The van der Waals surface area contributed by atoms with Gasteiger partial charge in [0.25, 0.3) is 0 Å². The van der Waals surface area contributed by atoms with E-state index < -0.39 is 29.9 Å². The van der Waals surface area contributed by atoms with E-state index in [-0.39, 0.29) is 48.8 Å². The van der Waals surface area contributed by atoms with Gasteiger partial charge in [-0.15, -0.1) is 0 Å². The van der Waals surface area contributed by atoms with Crippen LogP contribution in [0.5, 0.6) is 5.75 Å². The number of carbonyl (C=O) groups is 2. The average molecular weight is 517 g/mol. The maximum atomic E-state index is 13.9. The van der Waals surface area contributed by atoms with Crippen molar-refractivity contribution in [3.05, 3.63) is 59.2 Å². The van der Waals surface area contributed by atoms with Gasteiger partial charge >= 0.3 is 0 Å². The Hall–Kier alpha value is -3.08. The lowest BCUT2D eigenvalue weighted by atomic mass is 9.84. The molecule has 37 heavy (non-hydrogen) atoms. The largest absolute Gasteiger partial charge is 0.487 e. The molecule has 198 valence electrons. The van der Waals surface area contributed by atoms with Gasteiger partial charge in [0, 0.05) is 48.4 Å². The van der Waals surface area contributed by atoms with Gasteiger partial charge in [-0.25, -0.2) is 8.78 Å². The second-order valence-corrected chi connectivity index (χ2v) is 9.75. The van der Waals surface area contributed by atoms with Crippen molar-refractivity contribution in [2.45, 2.75) is 56.5 Å². The number of benzene rings is 2. The van der Waals surface area contributed by atoms with Crippen molar-refractivity contribution in [3.63, 3.8) is 0 Å². The Morgan fingerprint density at radius 2 is 1.89 bits per heavy atom. The Kier molecular flexibility index (Phi) is 7.68. The fourth-order valence-electron chi connectivity index (χ4n) is 5.32. The highest BCUT2D eigenvalue weighted by molar-refractivity contribution is 5.92. The van der Waals surface area contributed by atoms with E-state index in [1.165, 1.54) is 0 Å². The smallest absolute Gasteiger partial charge is 0.227 e. The van der Waals surface area contributed by atoms with Crippen molar-refractivity contribution >= 4 is 17.5 Å². The summed E-state index contributed by atoms with van der Waals surface area (Å²) >= 11 is 0. The summed E-state index contributed by atoms with van der Waals surface area (Å²) in [5, 5.41) is 15.6. The molecule has 8 nitrogen and oxygen atoms in total. The normalized spacial score (nSPS) is 25.1. The molecule has 0 radical (unpaired) electrons. The molecule has 2 amide bonds. The monoisotopic (exact) mass is 516 g/mol. The molecule has 0 saturated carbocycles. The summed E-state index contributed by atoms with van der Waals surface area (Å²) in [5.41, 5.74) is 1.61. The van der Waals surface area contributed by atoms with Crippen molar-refractivity contribution in [2.75, 3.05) is 25.1 Å². The second kappa shape index (κ2) is 11.1. The van der Waals surface area contributed by atoms with Gasteiger partial charge in [0.1, 0.15) is 29.6 Å². The zero-order valence-corrected chi connectivity index (χ0v) is 20.3. The minimum atomic E-state index is -0.634. The lowest BCUT2D eigenvalue weighted by Gasteiger charge is -2.37. The molecule has 3 aliphatic heterocycles. The minimum absolute atomic E-state index is 0.00777. The quantitative estimate of drug-likeness (QED) is 0.523. The number of nitrogens with one attached hydrogen (secondary N) is 2. The van der Waals surface area contributed by atoms with E-state index in [4.69, 9.17) is 14.2 Å². The van der Waals surface area contributed by atoms with Crippen molar-refractivity contribution < 1.29 is 37.7 Å². The molecule has 0 aliphatic carbocycles. The topological polar surface area (TPSA) is 106 Å². The van der Waals surface area contributed by atoms with Crippen LogP contribution in [0.4, 0.5) is 14.5 Å². The van der Waals surface area contributed by atoms with Crippen molar-refractivity contribution in [3.8, 4) is 5.75 Å². The predicted octanol–water partition coefficient (Wildman–Crippen LogP) is 3.03. The van der Waals surface area contributed by atoms with Crippen molar-refractivity contribution in [1.82, 2.24) is 5.32 Å². The van der Waals surface area contributed by atoms with Crippen LogP contribution in [-0.4, -0.2) is 55.1 Å². The summed E-state index contributed by atoms with van der Waals surface area (Å²) in [6.07, 6.45) is 0.281. The maximum Gasteiger partial charge on any atom is 0.227 e. The van der Waals surface area contributed by atoms with Crippen LogP contribution in [0.15, 0.2) is 36.4 Å². The molecular weight excluding hydrogens is 486 g/mol. The number of fused-ring (bicyclic) bond motifs is 3. The van der Waals surface area contributed by atoms with Gasteiger partial charge in [-0.05, 0) is 55.7 Å². The molecule has 2 saturated heterocycles. The number of carbonyl (C=O) groups excluding carboxylic acids is 2. The van der Waals surface area contributed by atoms with Crippen LogP contribution >= 0.6 is 0 Å². The Morgan fingerprint density at radius 1 is 1.08 bits per heavy atom. The summed E-state index contributed by atoms with van der Waals surface area (Å²) in [6.45, 7) is 0.727. The third kappa shape index (κ3) is 5.76. The molecule has 2 aromatic carbocycles. The first-order valence-electron chi connectivity index (χ1n) is 12.6. The highest BCUT2D eigenvalue weighted by atomic mass is 19.1. The van der Waals surface area contributed by atoms with Crippen LogP contribution < -0.4 is 15.4 Å². The van der Waals surface area contributed by atoms with Crippen LogP contribution in [0.3, 0.4) is 0 Å².